The number of para-hydroxylation sites is 1. The summed E-state index contributed by atoms with van der Waals surface area (Å²) in [6.45, 7) is 0. The Labute approximate surface area is 138 Å². The van der Waals surface area contributed by atoms with Crippen molar-refractivity contribution in [1.29, 1.82) is 0 Å². The van der Waals surface area contributed by atoms with Crippen LogP contribution in [0.2, 0.25) is 0 Å². The lowest BCUT2D eigenvalue weighted by Gasteiger charge is -2.17. The van der Waals surface area contributed by atoms with E-state index in [4.69, 9.17) is 0 Å². The third kappa shape index (κ3) is 2.42. The van der Waals surface area contributed by atoms with E-state index in [1.165, 1.54) is 0 Å². The number of rotatable bonds is 2. The molecule has 3 aromatic rings. The Hall–Kier alpha value is -3.47. The van der Waals surface area contributed by atoms with E-state index in [-0.39, 0.29) is 5.91 Å². The quantitative estimate of drug-likeness (QED) is 0.584. The number of carbonyl (C=O) groups is 2. The average Bonchev–Trinajstić information content (AvgIpc) is 3.08. The van der Waals surface area contributed by atoms with Gasteiger partial charge in [-0.05, 0) is 29.8 Å². The van der Waals surface area contributed by atoms with Gasteiger partial charge in [0.25, 0.3) is 11.8 Å². The Balaban J connectivity index is 1.76. The first-order valence-corrected chi connectivity index (χ1v) is 7.49. The van der Waals surface area contributed by atoms with Crippen molar-refractivity contribution in [3.8, 4) is 5.69 Å². The highest BCUT2D eigenvalue weighted by Crippen LogP contribution is 2.26. The van der Waals surface area contributed by atoms with Crippen LogP contribution in [0.5, 0.6) is 0 Å². The third-order valence-corrected chi connectivity index (χ3v) is 3.87. The maximum Gasteiger partial charge on any atom is 0.258 e. The van der Waals surface area contributed by atoms with Crippen LogP contribution in [0.3, 0.4) is 0 Å². The van der Waals surface area contributed by atoms with Crippen molar-refractivity contribution in [1.82, 2.24) is 15.1 Å². The van der Waals surface area contributed by atoms with E-state index in [0.717, 1.165) is 11.3 Å². The molecule has 0 fully saturated rings. The number of hydrogen-bond acceptors (Lipinski definition) is 3. The highest BCUT2D eigenvalue weighted by atomic mass is 16.2. The number of nitrogens with one attached hydrogen (secondary N) is 1. The van der Waals surface area contributed by atoms with Crippen LogP contribution in [-0.4, -0.2) is 21.6 Å². The van der Waals surface area contributed by atoms with Gasteiger partial charge in [0.1, 0.15) is 0 Å². The molecule has 0 bridgehead atoms. The molecule has 5 nitrogen and oxygen atoms in total. The zero-order chi connectivity index (χ0) is 16.5. The number of aromatic nitrogens is 2. The van der Waals surface area contributed by atoms with E-state index < -0.39 is 5.91 Å². The Kier molecular flexibility index (Phi) is 3.31. The molecule has 2 aromatic carbocycles. The normalized spacial score (nSPS) is 15.2. The molecular weight excluding hydrogens is 302 g/mol. The summed E-state index contributed by atoms with van der Waals surface area (Å²) in [7, 11) is 0. The maximum atomic E-state index is 12.2. The van der Waals surface area contributed by atoms with E-state index in [2.05, 4.69) is 10.4 Å². The number of amides is 2. The SMILES string of the molecule is O=C1NC(=O)c2ccccc2/C1=C\c1cnn(-c2ccccc2)c1. The van der Waals surface area contributed by atoms with Gasteiger partial charge in [-0.15, -0.1) is 0 Å². The lowest BCUT2D eigenvalue weighted by molar-refractivity contribution is -0.114. The molecule has 0 spiro atoms. The molecule has 0 atom stereocenters. The van der Waals surface area contributed by atoms with Gasteiger partial charge in [-0.1, -0.05) is 36.4 Å². The zero-order valence-corrected chi connectivity index (χ0v) is 12.6. The molecule has 0 unspecified atom stereocenters. The van der Waals surface area contributed by atoms with Gasteiger partial charge in [-0.2, -0.15) is 5.10 Å². The predicted octanol–water partition coefficient (Wildman–Crippen LogP) is 2.68. The number of hydrogen-bond donors (Lipinski definition) is 1. The molecule has 0 saturated heterocycles. The van der Waals surface area contributed by atoms with Crippen molar-refractivity contribution in [2.45, 2.75) is 0 Å². The van der Waals surface area contributed by atoms with Crippen LogP contribution in [0.1, 0.15) is 21.5 Å². The van der Waals surface area contributed by atoms with E-state index >= 15 is 0 Å². The van der Waals surface area contributed by atoms with Gasteiger partial charge in [0.15, 0.2) is 0 Å². The van der Waals surface area contributed by atoms with Crippen molar-refractivity contribution in [2.75, 3.05) is 0 Å². The molecular formula is C19H13N3O2. The standard InChI is InChI=1S/C19H13N3O2/c23-18-16-9-5-4-8-15(16)17(19(24)21-18)10-13-11-20-22(12-13)14-6-2-1-3-7-14/h1-12H,(H,21,23,24)/b17-10+. The average molecular weight is 315 g/mol. The van der Waals surface area contributed by atoms with E-state index in [0.29, 0.717) is 16.7 Å². The summed E-state index contributed by atoms with van der Waals surface area (Å²) >= 11 is 0. The zero-order valence-electron chi connectivity index (χ0n) is 12.6. The van der Waals surface area contributed by atoms with Crippen LogP contribution in [0.4, 0.5) is 0 Å². The fourth-order valence-corrected chi connectivity index (χ4v) is 2.72. The summed E-state index contributed by atoms with van der Waals surface area (Å²) in [5, 5.41) is 6.69. The molecule has 0 saturated carbocycles. The third-order valence-electron chi connectivity index (χ3n) is 3.87. The molecule has 1 aliphatic heterocycles. The molecule has 4 rings (SSSR count). The predicted molar refractivity (Wildman–Crippen MR) is 90.4 cm³/mol. The smallest absolute Gasteiger partial charge is 0.258 e. The first kappa shape index (κ1) is 14.1. The molecule has 0 radical (unpaired) electrons. The summed E-state index contributed by atoms with van der Waals surface area (Å²) in [5.74, 6) is -0.765. The number of imide groups is 1. The van der Waals surface area contributed by atoms with Crippen LogP contribution >= 0.6 is 0 Å². The molecule has 1 aliphatic rings. The van der Waals surface area contributed by atoms with E-state index in [1.54, 1.807) is 35.2 Å². The number of nitrogens with zero attached hydrogens (tertiary/aromatic N) is 2. The largest absolute Gasteiger partial charge is 0.288 e. The maximum absolute atomic E-state index is 12.2. The van der Waals surface area contributed by atoms with Gasteiger partial charge in [0.05, 0.1) is 11.9 Å². The lowest BCUT2D eigenvalue weighted by Crippen LogP contribution is -2.36. The van der Waals surface area contributed by atoms with Crippen molar-refractivity contribution < 1.29 is 9.59 Å². The van der Waals surface area contributed by atoms with Crippen LogP contribution in [0, 0.1) is 0 Å². The second-order valence-electron chi connectivity index (χ2n) is 5.44. The van der Waals surface area contributed by atoms with Crippen molar-refractivity contribution >= 4 is 23.5 Å². The Bertz CT molecular complexity index is 971. The molecule has 1 N–H and O–H groups in total. The fourth-order valence-electron chi connectivity index (χ4n) is 2.72. The Morgan fingerprint density at radius 1 is 0.875 bits per heavy atom. The second-order valence-corrected chi connectivity index (χ2v) is 5.44. The molecule has 1 aromatic heterocycles. The summed E-state index contributed by atoms with van der Waals surface area (Å²) < 4.78 is 1.74. The van der Waals surface area contributed by atoms with Gasteiger partial charge >= 0.3 is 0 Å². The summed E-state index contributed by atoms with van der Waals surface area (Å²) in [4.78, 5) is 24.1. The van der Waals surface area contributed by atoms with Gasteiger partial charge < -0.3 is 0 Å². The molecule has 5 heteroatoms. The molecule has 24 heavy (non-hydrogen) atoms. The van der Waals surface area contributed by atoms with Crippen LogP contribution in [0.15, 0.2) is 67.0 Å². The number of benzene rings is 2. The van der Waals surface area contributed by atoms with E-state index in [1.807, 2.05) is 42.6 Å². The summed E-state index contributed by atoms with van der Waals surface area (Å²) in [5.41, 5.74) is 3.31. The fraction of sp³-hybridized carbons (Fsp3) is 0. The van der Waals surface area contributed by atoms with Crippen molar-refractivity contribution in [3.05, 3.63) is 83.7 Å². The first-order chi connectivity index (χ1) is 11.7. The second kappa shape index (κ2) is 5.62. The lowest BCUT2D eigenvalue weighted by atomic mass is 9.94. The van der Waals surface area contributed by atoms with Gasteiger partial charge in [-0.25, -0.2) is 4.68 Å². The van der Waals surface area contributed by atoms with Crippen LogP contribution in [-0.2, 0) is 4.79 Å². The molecule has 2 heterocycles. The highest BCUT2D eigenvalue weighted by molar-refractivity contribution is 6.33. The van der Waals surface area contributed by atoms with Gasteiger partial charge in [0.2, 0.25) is 0 Å². The monoisotopic (exact) mass is 315 g/mol. The molecule has 2 amide bonds. The van der Waals surface area contributed by atoms with Crippen LogP contribution < -0.4 is 5.32 Å². The van der Waals surface area contributed by atoms with Gasteiger partial charge in [-0.3, -0.25) is 14.9 Å². The summed E-state index contributed by atoms with van der Waals surface area (Å²) in [6, 6.07) is 16.8. The Morgan fingerprint density at radius 3 is 2.38 bits per heavy atom. The van der Waals surface area contributed by atoms with E-state index in [9.17, 15) is 9.59 Å². The van der Waals surface area contributed by atoms with Crippen molar-refractivity contribution in [3.63, 3.8) is 0 Å². The first-order valence-electron chi connectivity index (χ1n) is 7.49. The molecule has 0 aliphatic carbocycles. The minimum Gasteiger partial charge on any atom is -0.288 e. The Morgan fingerprint density at radius 2 is 1.58 bits per heavy atom. The topological polar surface area (TPSA) is 64.0 Å². The number of fused-ring (bicyclic) bond motifs is 1. The molecule has 116 valence electrons. The minimum absolute atomic E-state index is 0.368. The van der Waals surface area contributed by atoms with Crippen molar-refractivity contribution in [2.24, 2.45) is 0 Å². The minimum atomic E-state index is -0.397. The van der Waals surface area contributed by atoms with Gasteiger partial charge in [0, 0.05) is 22.9 Å². The number of carbonyl (C=O) groups excluding carboxylic acids is 2. The summed E-state index contributed by atoms with van der Waals surface area (Å²) in [6.07, 6.45) is 5.27. The van der Waals surface area contributed by atoms with Crippen LogP contribution in [0.25, 0.3) is 17.3 Å². The highest BCUT2D eigenvalue weighted by Gasteiger charge is 2.26.